The van der Waals surface area contributed by atoms with E-state index in [-0.39, 0.29) is 0 Å². The predicted molar refractivity (Wildman–Crippen MR) is 76.9 cm³/mol. The van der Waals surface area contributed by atoms with Gasteiger partial charge in [-0.3, -0.25) is 9.58 Å². The monoisotopic (exact) mass is 321 g/mol. The Morgan fingerprint density at radius 2 is 2.12 bits per heavy atom. The highest BCUT2D eigenvalue weighted by atomic mass is 79.9. The summed E-state index contributed by atoms with van der Waals surface area (Å²) in [6, 6.07) is 0. The van der Waals surface area contributed by atoms with Crippen LogP contribution in [0.5, 0.6) is 0 Å². The minimum absolute atomic E-state index is 0.809. The van der Waals surface area contributed by atoms with Crippen LogP contribution in [0.25, 0.3) is 0 Å². The van der Waals surface area contributed by atoms with E-state index in [4.69, 9.17) is 11.6 Å². The van der Waals surface area contributed by atoms with Crippen molar-refractivity contribution in [2.45, 2.75) is 33.2 Å². The average Bonchev–Trinajstić information content (AvgIpc) is 2.53. The number of hydrogen-bond acceptors (Lipinski definition) is 2. The maximum absolute atomic E-state index is 6.27. The molecule has 1 rings (SSSR count). The van der Waals surface area contributed by atoms with E-state index in [1.807, 2.05) is 18.7 Å². The Kier molecular flexibility index (Phi) is 6.52. The molecule has 1 heterocycles. The lowest BCUT2D eigenvalue weighted by molar-refractivity contribution is 0.271. The lowest BCUT2D eigenvalue weighted by Gasteiger charge is -2.21. The molecule has 0 aliphatic heterocycles. The van der Waals surface area contributed by atoms with Crippen molar-refractivity contribution >= 4 is 27.5 Å². The number of halogens is 2. The van der Waals surface area contributed by atoms with Gasteiger partial charge in [-0.2, -0.15) is 5.10 Å². The zero-order chi connectivity index (χ0) is 12.8. The fourth-order valence-corrected chi connectivity index (χ4v) is 2.56. The molecule has 0 atom stereocenters. The Balaban J connectivity index is 2.70. The van der Waals surface area contributed by atoms with Crippen molar-refractivity contribution in [1.29, 1.82) is 0 Å². The van der Waals surface area contributed by atoms with E-state index in [0.29, 0.717) is 0 Å². The fraction of sp³-hybridized carbons (Fsp3) is 0.750. The number of nitrogens with zero attached hydrogens (tertiary/aromatic N) is 3. The molecule has 0 saturated carbocycles. The summed E-state index contributed by atoms with van der Waals surface area (Å²) < 4.78 is 1.89. The lowest BCUT2D eigenvalue weighted by atomic mass is 10.3. The first-order chi connectivity index (χ1) is 8.10. The van der Waals surface area contributed by atoms with Crippen LogP contribution in [-0.2, 0) is 13.6 Å². The molecule has 0 N–H and O–H groups in total. The van der Waals surface area contributed by atoms with Crippen LogP contribution >= 0.6 is 27.5 Å². The predicted octanol–water partition coefficient (Wildman–Crippen LogP) is 3.38. The van der Waals surface area contributed by atoms with Crippen molar-refractivity contribution in [3.63, 3.8) is 0 Å². The summed E-state index contributed by atoms with van der Waals surface area (Å²) in [7, 11) is 1.96. The van der Waals surface area contributed by atoms with Crippen LogP contribution in [0, 0.1) is 6.92 Å². The molecule has 1 aromatic rings. The van der Waals surface area contributed by atoms with Crippen molar-refractivity contribution in [3.05, 3.63) is 16.4 Å². The minimum Gasteiger partial charge on any atom is -0.297 e. The SMILES string of the molecule is CCCCN(CCBr)Cc1c(Cl)c(C)nn1C. The molecule has 0 amide bonds. The van der Waals surface area contributed by atoms with Gasteiger partial charge in [0.1, 0.15) is 0 Å². The molecule has 0 aliphatic rings. The highest BCUT2D eigenvalue weighted by Crippen LogP contribution is 2.21. The van der Waals surface area contributed by atoms with Crippen LogP contribution in [0.2, 0.25) is 5.02 Å². The molecule has 3 nitrogen and oxygen atoms in total. The number of unbranched alkanes of at least 4 members (excludes halogenated alkanes) is 1. The van der Waals surface area contributed by atoms with Crippen molar-refractivity contribution in [3.8, 4) is 0 Å². The van der Waals surface area contributed by atoms with Gasteiger partial charge in [0.05, 0.1) is 16.4 Å². The normalized spacial score (nSPS) is 11.4. The van der Waals surface area contributed by atoms with E-state index in [1.165, 1.54) is 12.8 Å². The second kappa shape index (κ2) is 7.39. The van der Waals surface area contributed by atoms with Gasteiger partial charge >= 0.3 is 0 Å². The molecule has 17 heavy (non-hydrogen) atoms. The molecule has 1 aromatic heterocycles. The van der Waals surface area contributed by atoms with Gasteiger partial charge < -0.3 is 0 Å². The molecule has 0 aliphatic carbocycles. The van der Waals surface area contributed by atoms with Gasteiger partial charge in [0.15, 0.2) is 0 Å². The third-order valence-corrected chi connectivity index (χ3v) is 3.71. The van der Waals surface area contributed by atoms with Gasteiger partial charge in [-0.05, 0) is 19.9 Å². The Bertz CT molecular complexity index is 352. The number of alkyl halides is 1. The minimum atomic E-state index is 0.809. The van der Waals surface area contributed by atoms with Crippen LogP contribution in [0.15, 0.2) is 0 Å². The van der Waals surface area contributed by atoms with Crippen LogP contribution in [0.1, 0.15) is 31.2 Å². The number of aromatic nitrogens is 2. The summed E-state index contributed by atoms with van der Waals surface area (Å²) in [5.41, 5.74) is 2.03. The molecule has 0 bridgehead atoms. The average molecular weight is 323 g/mol. The number of aryl methyl sites for hydroxylation is 2. The largest absolute Gasteiger partial charge is 0.297 e. The van der Waals surface area contributed by atoms with Crippen LogP contribution in [0.3, 0.4) is 0 Å². The Hall–Kier alpha value is -0.0600. The maximum atomic E-state index is 6.27. The van der Waals surface area contributed by atoms with E-state index < -0.39 is 0 Å². The van der Waals surface area contributed by atoms with E-state index in [9.17, 15) is 0 Å². The molecule has 0 fully saturated rings. The zero-order valence-corrected chi connectivity index (χ0v) is 13.2. The third-order valence-electron chi connectivity index (χ3n) is 2.86. The summed E-state index contributed by atoms with van der Waals surface area (Å²) in [6.07, 6.45) is 2.44. The van der Waals surface area contributed by atoms with Gasteiger partial charge in [-0.25, -0.2) is 0 Å². The van der Waals surface area contributed by atoms with Crippen molar-refractivity contribution < 1.29 is 0 Å². The molecule has 98 valence electrons. The summed E-state index contributed by atoms with van der Waals surface area (Å²) in [5, 5.41) is 6.15. The van der Waals surface area contributed by atoms with Gasteiger partial charge in [-0.1, -0.05) is 40.9 Å². The summed E-state index contributed by atoms with van der Waals surface area (Å²) in [5.74, 6) is 0. The molecular formula is C12H21BrClN3. The van der Waals surface area contributed by atoms with Gasteiger partial charge in [0.25, 0.3) is 0 Å². The summed E-state index contributed by atoms with van der Waals surface area (Å²) >= 11 is 9.77. The van der Waals surface area contributed by atoms with Gasteiger partial charge in [0, 0.05) is 25.5 Å². The highest BCUT2D eigenvalue weighted by Gasteiger charge is 2.14. The first-order valence-corrected chi connectivity index (χ1v) is 7.56. The van der Waals surface area contributed by atoms with Crippen molar-refractivity contribution in [2.24, 2.45) is 7.05 Å². The van der Waals surface area contributed by atoms with Crippen LogP contribution in [-0.4, -0.2) is 33.1 Å². The van der Waals surface area contributed by atoms with E-state index >= 15 is 0 Å². The molecule has 0 radical (unpaired) electrons. The molecule has 0 spiro atoms. The second-order valence-corrected chi connectivity index (χ2v) is 5.46. The van der Waals surface area contributed by atoms with Crippen LogP contribution < -0.4 is 0 Å². The zero-order valence-electron chi connectivity index (χ0n) is 10.8. The molecule has 0 saturated heterocycles. The van der Waals surface area contributed by atoms with Crippen molar-refractivity contribution in [1.82, 2.24) is 14.7 Å². The van der Waals surface area contributed by atoms with Gasteiger partial charge in [-0.15, -0.1) is 0 Å². The van der Waals surface area contributed by atoms with Gasteiger partial charge in [0.2, 0.25) is 0 Å². The quantitative estimate of drug-likeness (QED) is 0.718. The Morgan fingerprint density at radius 3 is 2.59 bits per heavy atom. The fourth-order valence-electron chi connectivity index (χ4n) is 1.83. The highest BCUT2D eigenvalue weighted by molar-refractivity contribution is 9.09. The summed E-state index contributed by atoms with van der Waals surface area (Å²) in [6.45, 7) is 7.20. The first kappa shape index (κ1) is 15.0. The number of rotatable bonds is 7. The lowest BCUT2D eigenvalue weighted by Crippen LogP contribution is -2.27. The standard InChI is InChI=1S/C12H21BrClN3/c1-4-5-7-17(8-6-13)9-11-12(14)10(2)15-16(11)3/h4-9H2,1-3H3. The van der Waals surface area contributed by atoms with Crippen molar-refractivity contribution in [2.75, 3.05) is 18.4 Å². The number of hydrogen-bond donors (Lipinski definition) is 0. The third kappa shape index (κ3) is 4.27. The second-order valence-electron chi connectivity index (χ2n) is 4.29. The maximum Gasteiger partial charge on any atom is 0.0860 e. The topological polar surface area (TPSA) is 21.1 Å². The molecule has 5 heteroatoms. The summed E-state index contributed by atoms with van der Waals surface area (Å²) in [4.78, 5) is 2.42. The Morgan fingerprint density at radius 1 is 1.41 bits per heavy atom. The van der Waals surface area contributed by atoms with E-state index in [0.717, 1.165) is 41.4 Å². The molecular weight excluding hydrogens is 302 g/mol. The molecule has 0 aromatic carbocycles. The smallest absolute Gasteiger partial charge is 0.0860 e. The van der Waals surface area contributed by atoms with E-state index in [1.54, 1.807) is 0 Å². The molecule has 0 unspecified atom stereocenters. The van der Waals surface area contributed by atoms with E-state index in [2.05, 4.69) is 32.9 Å². The van der Waals surface area contributed by atoms with Crippen LogP contribution in [0.4, 0.5) is 0 Å². The first-order valence-electron chi connectivity index (χ1n) is 6.06. The Labute approximate surface area is 117 Å².